The van der Waals surface area contributed by atoms with Crippen LogP contribution in [0.3, 0.4) is 0 Å². The van der Waals surface area contributed by atoms with Crippen molar-refractivity contribution in [2.75, 3.05) is 34.9 Å². The molecule has 1 fully saturated rings. The first kappa shape index (κ1) is 27.1. The van der Waals surface area contributed by atoms with E-state index in [1.165, 1.54) is 54.2 Å². The lowest BCUT2D eigenvalue weighted by molar-refractivity contribution is 0.262. The van der Waals surface area contributed by atoms with Crippen molar-refractivity contribution in [3.05, 3.63) is 53.4 Å². The third-order valence-corrected chi connectivity index (χ3v) is 7.92. The summed E-state index contributed by atoms with van der Waals surface area (Å²) in [6, 6.07) is 8.89. The molecule has 3 aromatic rings. The quantitative estimate of drug-likeness (QED) is 0.272. The maximum Gasteiger partial charge on any atom is 0.323 e. The number of thioether (sulfide) groups is 1. The lowest BCUT2D eigenvalue weighted by Gasteiger charge is -2.24. The fourth-order valence-corrected chi connectivity index (χ4v) is 5.48. The molecule has 2 aromatic carbocycles. The van der Waals surface area contributed by atoms with Crippen LogP contribution in [0.4, 0.5) is 26.4 Å². The van der Waals surface area contributed by atoms with Gasteiger partial charge in [-0.2, -0.15) is 0 Å². The highest BCUT2D eigenvalue weighted by molar-refractivity contribution is 7.98. The van der Waals surface area contributed by atoms with Crippen LogP contribution < -0.4 is 20.7 Å². The first-order valence-electron chi connectivity index (χ1n) is 11.5. The zero-order valence-electron chi connectivity index (χ0n) is 20.0. The fourth-order valence-electron chi connectivity index (χ4n) is 4.00. The molecule has 0 spiro atoms. The number of sulfonamides is 1. The van der Waals surface area contributed by atoms with Gasteiger partial charge in [0.1, 0.15) is 16.8 Å². The van der Waals surface area contributed by atoms with Gasteiger partial charge in [0.05, 0.1) is 15.4 Å². The number of urea groups is 1. The van der Waals surface area contributed by atoms with Crippen LogP contribution in [-0.4, -0.2) is 43.8 Å². The Morgan fingerprint density at radius 1 is 1.03 bits per heavy atom. The van der Waals surface area contributed by atoms with Gasteiger partial charge < -0.3 is 15.5 Å². The van der Waals surface area contributed by atoms with Crippen molar-refractivity contribution in [2.45, 2.75) is 35.5 Å². The second kappa shape index (κ2) is 11.6. The molecule has 37 heavy (non-hydrogen) atoms. The fraction of sp³-hybridized carbons (Fsp3) is 0.292. The van der Waals surface area contributed by atoms with Gasteiger partial charge in [0.25, 0.3) is 0 Å². The number of nitrogens with two attached hydrogens (primary N) is 1. The van der Waals surface area contributed by atoms with Crippen molar-refractivity contribution >= 4 is 56.6 Å². The molecule has 0 atom stereocenters. The zero-order valence-corrected chi connectivity index (χ0v) is 22.4. The number of hydrogen-bond donors (Lipinski definition) is 3. The maximum absolute atomic E-state index is 15.1. The van der Waals surface area contributed by atoms with Gasteiger partial charge in [-0.15, -0.1) is 11.8 Å². The Bertz CT molecular complexity index is 1400. The normalized spacial score (nSPS) is 14.2. The molecule has 0 bridgehead atoms. The molecule has 1 saturated heterocycles. The van der Waals surface area contributed by atoms with Gasteiger partial charge in [0.2, 0.25) is 10.0 Å². The third kappa shape index (κ3) is 6.69. The molecule has 0 unspecified atom stereocenters. The maximum atomic E-state index is 15.1. The Morgan fingerprint density at radius 2 is 1.65 bits per heavy atom. The topological polar surface area (TPSA) is 130 Å². The van der Waals surface area contributed by atoms with Crippen LogP contribution in [0.15, 0.2) is 52.3 Å². The number of benzene rings is 2. The summed E-state index contributed by atoms with van der Waals surface area (Å²) in [5.41, 5.74) is 0.703. The summed E-state index contributed by atoms with van der Waals surface area (Å²) in [6.45, 7) is 1.71. The van der Waals surface area contributed by atoms with E-state index in [2.05, 4.69) is 25.5 Å². The van der Waals surface area contributed by atoms with Gasteiger partial charge in [-0.05, 0) is 61.6 Å². The summed E-state index contributed by atoms with van der Waals surface area (Å²) in [6.07, 6.45) is 6.34. The van der Waals surface area contributed by atoms with Crippen LogP contribution in [-0.2, 0) is 10.0 Å². The Hall–Kier alpha value is -2.93. The summed E-state index contributed by atoms with van der Waals surface area (Å²) in [7, 11) is -3.84. The van der Waals surface area contributed by atoms with Gasteiger partial charge in [-0.25, -0.2) is 32.7 Å². The Labute approximate surface area is 224 Å². The van der Waals surface area contributed by atoms with E-state index in [1.54, 1.807) is 0 Å². The van der Waals surface area contributed by atoms with E-state index in [0.717, 1.165) is 43.7 Å². The van der Waals surface area contributed by atoms with E-state index >= 15 is 4.39 Å². The molecular weight excluding hydrogens is 539 g/mol. The highest BCUT2D eigenvalue weighted by atomic mass is 35.5. The van der Waals surface area contributed by atoms with E-state index in [-0.39, 0.29) is 27.1 Å². The molecule has 9 nitrogen and oxygen atoms in total. The minimum atomic E-state index is -3.84. The predicted molar refractivity (Wildman–Crippen MR) is 145 cm³/mol. The number of aromatic nitrogens is 2. The molecule has 13 heteroatoms. The van der Waals surface area contributed by atoms with Gasteiger partial charge in [-0.3, -0.25) is 0 Å². The number of primary sulfonamides is 1. The number of nitrogens with zero attached hydrogens (tertiary/aromatic N) is 3. The van der Waals surface area contributed by atoms with Crippen molar-refractivity contribution in [1.82, 2.24) is 9.97 Å². The second-order valence-electron chi connectivity index (χ2n) is 8.44. The van der Waals surface area contributed by atoms with Crippen molar-refractivity contribution < 1.29 is 17.6 Å². The molecule has 1 aliphatic rings. The molecule has 0 radical (unpaired) electrons. The number of hydrogen-bond acceptors (Lipinski definition) is 7. The number of carbonyl (C=O) groups excluding carboxylic acids is 1. The van der Waals surface area contributed by atoms with Crippen LogP contribution in [0, 0.1) is 5.82 Å². The number of halogens is 2. The number of nitrogens with one attached hydrogen (secondary N) is 2. The van der Waals surface area contributed by atoms with E-state index in [1.807, 2.05) is 6.26 Å². The summed E-state index contributed by atoms with van der Waals surface area (Å²) >= 11 is 7.94. The Kier molecular flexibility index (Phi) is 8.53. The molecular formula is C24H26ClFN6O3S2. The van der Waals surface area contributed by atoms with Crippen molar-refractivity contribution in [2.24, 2.45) is 5.14 Å². The van der Waals surface area contributed by atoms with Crippen molar-refractivity contribution in [1.29, 1.82) is 0 Å². The minimum Gasteiger partial charge on any atom is -0.356 e. The largest absolute Gasteiger partial charge is 0.356 e. The lowest BCUT2D eigenvalue weighted by atomic mass is 10.1. The summed E-state index contributed by atoms with van der Waals surface area (Å²) in [5.74, 6) is 0.259. The molecule has 4 N–H and O–H groups in total. The SMILES string of the molecule is CSc1c(Cl)nc(-c2ccc(NC(=O)Nc3ccc(S(N)(=O)=O)cc3)cc2F)nc1N1CCCCCC1. The summed E-state index contributed by atoms with van der Waals surface area (Å²) < 4.78 is 37.9. The van der Waals surface area contributed by atoms with Crippen LogP contribution in [0.5, 0.6) is 0 Å². The van der Waals surface area contributed by atoms with Gasteiger partial charge >= 0.3 is 6.03 Å². The molecule has 2 amide bonds. The molecule has 1 aliphatic heterocycles. The van der Waals surface area contributed by atoms with Crippen molar-refractivity contribution in [3.8, 4) is 11.4 Å². The minimum absolute atomic E-state index is 0.0806. The molecule has 2 heterocycles. The summed E-state index contributed by atoms with van der Waals surface area (Å²) in [4.78, 5) is 24.3. The monoisotopic (exact) mass is 564 g/mol. The zero-order chi connectivity index (χ0) is 26.6. The third-order valence-electron chi connectivity index (χ3n) is 5.82. The smallest absolute Gasteiger partial charge is 0.323 e. The Morgan fingerprint density at radius 3 is 2.24 bits per heavy atom. The molecule has 0 saturated carbocycles. The highest BCUT2D eigenvalue weighted by Crippen LogP contribution is 2.36. The number of anilines is 3. The molecule has 196 valence electrons. The van der Waals surface area contributed by atoms with Crippen LogP contribution in [0.1, 0.15) is 25.7 Å². The van der Waals surface area contributed by atoms with E-state index in [0.29, 0.717) is 11.5 Å². The van der Waals surface area contributed by atoms with Crippen LogP contribution in [0.2, 0.25) is 5.15 Å². The van der Waals surface area contributed by atoms with E-state index in [4.69, 9.17) is 16.7 Å². The second-order valence-corrected chi connectivity index (χ2v) is 11.2. The van der Waals surface area contributed by atoms with Gasteiger partial charge in [0.15, 0.2) is 5.82 Å². The van der Waals surface area contributed by atoms with Gasteiger partial charge in [-0.1, -0.05) is 24.4 Å². The van der Waals surface area contributed by atoms with Crippen LogP contribution >= 0.6 is 23.4 Å². The van der Waals surface area contributed by atoms with E-state index < -0.39 is 21.9 Å². The highest BCUT2D eigenvalue weighted by Gasteiger charge is 2.21. The Balaban J connectivity index is 1.52. The number of amides is 2. The number of rotatable bonds is 6. The molecule has 4 rings (SSSR count). The standard InChI is InChI=1S/C24H26ClFN6O3S2/c1-36-20-21(25)30-22(31-23(20)32-12-4-2-3-5-13-32)18-11-8-16(14-19(18)26)29-24(33)28-15-6-9-17(10-7-15)37(27,34)35/h6-11,14H,2-5,12-13H2,1H3,(H2,27,34,35)(H2,28,29,33). The number of carbonyl (C=O) groups is 1. The van der Waals surface area contributed by atoms with Crippen molar-refractivity contribution in [3.63, 3.8) is 0 Å². The first-order valence-corrected chi connectivity index (χ1v) is 14.7. The molecule has 0 aliphatic carbocycles. The average Bonchev–Trinajstić information content (AvgIpc) is 3.13. The van der Waals surface area contributed by atoms with E-state index in [9.17, 15) is 13.2 Å². The average molecular weight is 565 g/mol. The van der Waals surface area contributed by atoms with Crippen LogP contribution in [0.25, 0.3) is 11.4 Å². The molecule has 1 aromatic heterocycles. The predicted octanol–water partition coefficient (Wildman–Crippen LogP) is 5.33. The lowest BCUT2D eigenvalue weighted by Crippen LogP contribution is -2.26. The van der Waals surface area contributed by atoms with Gasteiger partial charge in [0, 0.05) is 24.5 Å². The summed E-state index contributed by atoms with van der Waals surface area (Å²) in [5, 5.41) is 10.4. The first-order chi connectivity index (χ1) is 17.7.